The van der Waals surface area contributed by atoms with Gasteiger partial charge in [-0.2, -0.15) is 0 Å². The van der Waals surface area contributed by atoms with Gasteiger partial charge in [0, 0.05) is 0 Å². The summed E-state index contributed by atoms with van der Waals surface area (Å²) in [7, 11) is 0. The highest BCUT2D eigenvalue weighted by atomic mass is 79.9. The number of carbonyl (C=O) groups excluding carboxylic acids is 2. The van der Waals surface area contributed by atoms with Gasteiger partial charge in [-0.05, 0) is 40.5 Å². The third-order valence-corrected chi connectivity index (χ3v) is 9.63. The van der Waals surface area contributed by atoms with Gasteiger partial charge in [0.2, 0.25) is 11.8 Å². The van der Waals surface area contributed by atoms with Crippen molar-refractivity contribution in [1.82, 2.24) is 0 Å². The molecule has 0 aromatic heterocycles. The first-order chi connectivity index (χ1) is 15.3. The van der Waals surface area contributed by atoms with Crippen LogP contribution in [0.3, 0.4) is 0 Å². The molecule has 158 valence electrons. The number of amides is 2. The molecule has 2 bridgehead atoms. The van der Waals surface area contributed by atoms with Gasteiger partial charge in [0.15, 0.2) is 0 Å². The summed E-state index contributed by atoms with van der Waals surface area (Å²) in [5.74, 6) is -3.17. The molecule has 1 fully saturated rings. The van der Waals surface area contributed by atoms with E-state index in [0.717, 1.165) is 27.2 Å². The fraction of sp³-hybridized carbons (Fsp3) is 0.160. The number of carbonyl (C=O) groups is 3. The molecule has 2 atom stereocenters. The van der Waals surface area contributed by atoms with Crippen molar-refractivity contribution in [2.24, 2.45) is 11.8 Å². The van der Waals surface area contributed by atoms with Gasteiger partial charge in [-0.25, -0.2) is 9.69 Å². The summed E-state index contributed by atoms with van der Waals surface area (Å²) in [5, 5.41) is 9.40. The van der Waals surface area contributed by atoms with E-state index in [1.54, 1.807) is 12.1 Å². The molecule has 0 unspecified atom stereocenters. The summed E-state index contributed by atoms with van der Waals surface area (Å²) in [5.41, 5.74) is 4.13. The van der Waals surface area contributed by atoms with Crippen LogP contribution in [0.1, 0.15) is 32.6 Å². The highest BCUT2D eigenvalue weighted by molar-refractivity contribution is 9.10. The Labute approximate surface area is 200 Å². The van der Waals surface area contributed by atoms with Crippen molar-refractivity contribution in [3.8, 4) is 0 Å². The second-order valence-electron chi connectivity index (χ2n) is 8.34. The number of rotatable bonds is 2. The predicted molar refractivity (Wildman–Crippen MR) is 125 cm³/mol. The largest absolute Gasteiger partial charge is 0.478 e. The van der Waals surface area contributed by atoms with Gasteiger partial charge in [-0.1, -0.05) is 86.5 Å². The van der Waals surface area contributed by atoms with Crippen LogP contribution in [0.5, 0.6) is 0 Å². The molecular weight excluding hydrogens is 538 g/mol. The lowest BCUT2D eigenvalue weighted by molar-refractivity contribution is -0.122. The molecule has 0 saturated carbocycles. The summed E-state index contributed by atoms with van der Waals surface area (Å²) in [4.78, 5) is 40.4. The van der Waals surface area contributed by atoms with E-state index in [-0.39, 0.29) is 23.1 Å². The monoisotopic (exact) mass is 551 g/mol. The van der Waals surface area contributed by atoms with E-state index in [1.807, 2.05) is 48.5 Å². The number of aromatic carboxylic acids is 1. The first kappa shape index (κ1) is 19.9. The Balaban J connectivity index is 1.63. The summed E-state index contributed by atoms with van der Waals surface area (Å²) in [6.07, 6.45) is 0. The Morgan fingerprint density at radius 1 is 0.750 bits per heavy atom. The van der Waals surface area contributed by atoms with E-state index in [0.29, 0.717) is 0 Å². The lowest BCUT2D eigenvalue weighted by Crippen LogP contribution is -2.56. The average molecular weight is 553 g/mol. The minimum absolute atomic E-state index is 0.0228. The molecule has 3 aromatic carbocycles. The van der Waals surface area contributed by atoms with Crippen molar-refractivity contribution in [2.75, 3.05) is 4.90 Å². The van der Waals surface area contributed by atoms with Gasteiger partial charge < -0.3 is 5.11 Å². The van der Waals surface area contributed by atoms with Crippen molar-refractivity contribution < 1.29 is 19.5 Å². The zero-order valence-electron chi connectivity index (χ0n) is 16.5. The van der Waals surface area contributed by atoms with Crippen molar-refractivity contribution in [3.05, 3.63) is 101 Å². The van der Waals surface area contributed by atoms with E-state index in [4.69, 9.17) is 0 Å². The Bertz CT molecular complexity index is 1250. The molecule has 1 N–H and O–H groups in total. The third-order valence-electron chi connectivity index (χ3n) is 6.94. The number of benzene rings is 3. The number of hydrogen-bond donors (Lipinski definition) is 1. The highest BCUT2D eigenvalue weighted by Gasteiger charge is 2.72. The quantitative estimate of drug-likeness (QED) is 0.366. The molecule has 0 spiro atoms. The smallest absolute Gasteiger partial charge is 0.335 e. The molecule has 4 aliphatic rings. The molecule has 5 nitrogen and oxygen atoms in total. The zero-order valence-corrected chi connectivity index (χ0v) is 19.6. The Kier molecular flexibility index (Phi) is 3.97. The second kappa shape index (κ2) is 6.39. The number of nitrogens with zero attached hydrogens (tertiary/aromatic N) is 1. The van der Waals surface area contributed by atoms with E-state index in [1.165, 1.54) is 12.1 Å². The summed E-state index contributed by atoms with van der Waals surface area (Å²) in [6.45, 7) is 0. The Hall–Kier alpha value is -2.77. The normalized spacial score (nSPS) is 29.5. The molecule has 1 aliphatic heterocycles. The van der Waals surface area contributed by atoms with Crippen LogP contribution in [0.15, 0.2) is 72.8 Å². The lowest BCUT2D eigenvalue weighted by atomic mass is 9.54. The second-order valence-corrected chi connectivity index (χ2v) is 10.8. The van der Waals surface area contributed by atoms with Crippen LogP contribution in [0, 0.1) is 11.8 Å². The lowest BCUT2D eigenvalue weighted by Gasteiger charge is -2.55. The number of imide groups is 1. The van der Waals surface area contributed by atoms with Gasteiger partial charge in [0.05, 0.1) is 31.7 Å². The average Bonchev–Trinajstić information content (AvgIpc) is 3.08. The predicted octanol–water partition coefficient (Wildman–Crippen LogP) is 4.79. The number of alkyl halides is 2. The summed E-state index contributed by atoms with van der Waals surface area (Å²) >= 11 is 7.90. The molecule has 2 amide bonds. The molecule has 0 radical (unpaired) electrons. The molecule has 32 heavy (non-hydrogen) atoms. The van der Waals surface area contributed by atoms with Crippen molar-refractivity contribution in [1.29, 1.82) is 0 Å². The molecule has 1 heterocycles. The van der Waals surface area contributed by atoms with Crippen LogP contribution in [-0.4, -0.2) is 22.9 Å². The summed E-state index contributed by atoms with van der Waals surface area (Å²) < 4.78 is -1.74. The molecule has 3 aromatic rings. The van der Waals surface area contributed by atoms with E-state index in [2.05, 4.69) is 31.9 Å². The molecule has 3 aliphatic carbocycles. The molecule has 7 rings (SSSR count). The van der Waals surface area contributed by atoms with Gasteiger partial charge in [-0.15, -0.1) is 0 Å². The number of anilines is 1. The van der Waals surface area contributed by atoms with Gasteiger partial charge in [-0.3, -0.25) is 9.59 Å². The maximum atomic E-state index is 13.9. The fourth-order valence-electron chi connectivity index (χ4n) is 5.70. The van der Waals surface area contributed by atoms with Crippen LogP contribution in [0.25, 0.3) is 0 Å². The van der Waals surface area contributed by atoms with Crippen LogP contribution in [0.2, 0.25) is 0 Å². The SMILES string of the molecule is O=C(O)c1cccc(N2C(=O)[C@@H]3[C@@H](C2=O)C2(Br)c4ccccc4C3(Br)c3ccccc32)c1. The molecule has 7 heteroatoms. The number of carboxylic acids is 1. The van der Waals surface area contributed by atoms with Crippen LogP contribution in [0.4, 0.5) is 5.69 Å². The standard InChI is InChI=1S/C25H15Br2NO4/c26-24-15-8-1-2-9-16(15)25(27,18-11-4-3-10-17(18)24)20-19(24)21(29)28(22(20)30)14-7-5-6-13(12-14)23(31)32/h1-12,19-20H,(H,31,32)/t19-,20-,24?,25?/m0/s1. The van der Waals surface area contributed by atoms with Crippen LogP contribution >= 0.6 is 31.9 Å². The van der Waals surface area contributed by atoms with Gasteiger partial charge >= 0.3 is 5.97 Å². The van der Waals surface area contributed by atoms with E-state index in [9.17, 15) is 19.5 Å². The minimum Gasteiger partial charge on any atom is -0.478 e. The number of halogens is 2. The first-order valence-corrected chi connectivity index (χ1v) is 11.7. The van der Waals surface area contributed by atoms with Crippen LogP contribution < -0.4 is 4.90 Å². The minimum atomic E-state index is -1.11. The third kappa shape index (κ3) is 2.16. The van der Waals surface area contributed by atoms with E-state index < -0.39 is 26.5 Å². The Morgan fingerprint density at radius 3 is 1.59 bits per heavy atom. The Morgan fingerprint density at radius 2 is 1.19 bits per heavy atom. The van der Waals surface area contributed by atoms with Crippen molar-refractivity contribution in [2.45, 2.75) is 8.65 Å². The van der Waals surface area contributed by atoms with Gasteiger partial charge in [0.25, 0.3) is 0 Å². The maximum absolute atomic E-state index is 13.9. The molecule has 1 saturated heterocycles. The zero-order chi connectivity index (χ0) is 22.4. The van der Waals surface area contributed by atoms with Crippen molar-refractivity contribution >= 4 is 55.3 Å². The summed E-state index contributed by atoms with van der Waals surface area (Å²) in [6, 6.07) is 21.7. The van der Waals surface area contributed by atoms with Gasteiger partial charge in [0.1, 0.15) is 0 Å². The molecular formula is C25H15Br2NO4. The maximum Gasteiger partial charge on any atom is 0.335 e. The van der Waals surface area contributed by atoms with Crippen molar-refractivity contribution in [3.63, 3.8) is 0 Å². The van der Waals surface area contributed by atoms with E-state index >= 15 is 0 Å². The number of hydrogen-bond acceptors (Lipinski definition) is 3. The fourth-order valence-corrected chi connectivity index (χ4v) is 8.00. The topological polar surface area (TPSA) is 74.7 Å². The van der Waals surface area contributed by atoms with Crippen LogP contribution in [-0.2, 0) is 18.2 Å². The number of carboxylic acid groups (broad SMARTS) is 1. The first-order valence-electron chi connectivity index (χ1n) is 10.1. The highest BCUT2D eigenvalue weighted by Crippen LogP contribution is 2.70.